The first-order valence-corrected chi connectivity index (χ1v) is 10.7. The zero-order chi connectivity index (χ0) is 15.9. The fraction of sp³-hybridized carbons (Fsp3) is 0.611. The molecular weight excluding hydrogens is 324 g/mol. The molecule has 2 aliphatic rings. The van der Waals surface area contributed by atoms with E-state index in [0.29, 0.717) is 6.04 Å². The Morgan fingerprint density at radius 3 is 2.87 bits per heavy atom. The third kappa shape index (κ3) is 5.10. The van der Waals surface area contributed by atoms with Crippen LogP contribution in [0.4, 0.5) is 0 Å². The second-order valence-corrected chi connectivity index (χ2v) is 8.45. The molecule has 1 aromatic heterocycles. The summed E-state index contributed by atoms with van der Waals surface area (Å²) in [6.45, 7) is 4.35. The highest BCUT2D eigenvalue weighted by atomic mass is 32.2. The largest absolute Gasteiger partial charge is 0.334 e. The Kier molecular flexibility index (Phi) is 6.60. The van der Waals surface area contributed by atoms with Crippen molar-refractivity contribution in [1.82, 2.24) is 9.80 Å². The highest BCUT2D eigenvalue weighted by molar-refractivity contribution is 7.99. The van der Waals surface area contributed by atoms with Crippen molar-refractivity contribution in [2.24, 2.45) is 0 Å². The lowest BCUT2D eigenvalue weighted by Crippen LogP contribution is -2.48. The zero-order valence-corrected chi connectivity index (χ0v) is 15.3. The molecule has 0 radical (unpaired) electrons. The van der Waals surface area contributed by atoms with Gasteiger partial charge in [0.15, 0.2) is 0 Å². The van der Waals surface area contributed by atoms with Crippen LogP contribution in [0.2, 0.25) is 0 Å². The van der Waals surface area contributed by atoms with Gasteiger partial charge in [0, 0.05) is 29.8 Å². The first-order chi connectivity index (χ1) is 11.3. The summed E-state index contributed by atoms with van der Waals surface area (Å²) in [4.78, 5) is 18.5. The molecule has 23 heavy (non-hydrogen) atoms. The number of amides is 1. The fourth-order valence-electron chi connectivity index (χ4n) is 3.35. The van der Waals surface area contributed by atoms with Gasteiger partial charge in [0.05, 0.1) is 6.04 Å². The molecular formula is C18H26N2OS2. The second-order valence-electron chi connectivity index (χ2n) is 6.32. The van der Waals surface area contributed by atoms with Gasteiger partial charge in [0.2, 0.25) is 5.91 Å². The molecule has 2 saturated heterocycles. The summed E-state index contributed by atoms with van der Waals surface area (Å²) in [5, 5.41) is 2.05. The number of hydrogen-bond acceptors (Lipinski definition) is 4. The van der Waals surface area contributed by atoms with Crippen molar-refractivity contribution in [1.29, 1.82) is 0 Å². The summed E-state index contributed by atoms with van der Waals surface area (Å²) in [6.07, 6.45) is 8.83. The molecule has 2 fully saturated rings. The second kappa shape index (κ2) is 8.90. The van der Waals surface area contributed by atoms with Crippen molar-refractivity contribution in [3.8, 4) is 0 Å². The van der Waals surface area contributed by atoms with Crippen molar-refractivity contribution in [2.45, 2.75) is 31.7 Å². The van der Waals surface area contributed by atoms with E-state index in [-0.39, 0.29) is 5.91 Å². The van der Waals surface area contributed by atoms with E-state index in [9.17, 15) is 4.79 Å². The summed E-state index contributed by atoms with van der Waals surface area (Å²) in [5.41, 5.74) is 0. The standard InChI is InChI=1S/C18H26N2OS2/c21-18(8-7-17-6-4-13-23-17)20-11-5-12-22-15-16(20)14-19-9-2-1-3-10-19/h4,6-8,13,16H,1-3,5,9-12,14-15H2/b8-7+. The average Bonchev–Trinajstić information content (AvgIpc) is 2.99. The maximum Gasteiger partial charge on any atom is 0.246 e. The normalized spacial score (nSPS) is 24.0. The molecule has 5 heteroatoms. The van der Waals surface area contributed by atoms with Crippen LogP contribution in [-0.2, 0) is 4.79 Å². The molecule has 0 spiro atoms. The summed E-state index contributed by atoms with van der Waals surface area (Å²) in [5.74, 6) is 2.44. The predicted octanol–water partition coefficient (Wildman–Crippen LogP) is 3.58. The van der Waals surface area contributed by atoms with Crippen molar-refractivity contribution in [3.63, 3.8) is 0 Å². The molecule has 3 heterocycles. The van der Waals surface area contributed by atoms with Crippen molar-refractivity contribution in [3.05, 3.63) is 28.5 Å². The van der Waals surface area contributed by atoms with Crippen LogP contribution in [-0.4, -0.2) is 59.4 Å². The Balaban J connectivity index is 1.63. The first kappa shape index (κ1) is 17.1. The number of thioether (sulfide) groups is 1. The van der Waals surface area contributed by atoms with Gasteiger partial charge in [-0.3, -0.25) is 4.79 Å². The minimum Gasteiger partial charge on any atom is -0.334 e. The number of rotatable bonds is 4. The van der Waals surface area contributed by atoms with Crippen LogP contribution in [0.3, 0.4) is 0 Å². The maximum absolute atomic E-state index is 12.7. The van der Waals surface area contributed by atoms with Crippen LogP contribution in [0.15, 0.2) is 23.6 Å². The van der Waals surface area contributed by atoms with Crippen molar-refractivity contribution < 1.29 is 4.79 Å². The van der Waals surface area contributed by atoms with E-state index in [0.717, 1.165) is 30.1 Å². The fourth-order valence-corrected chi connectivity index (χ4v) is 5.02. The van der Waals surface area contributed by atoms with E-state index in [1.165, 1.54) is 38.1 Å². The maximum atomic E-state index is 12.7. The topological polar surface area (TPSA) is 23.6 Å². The van der Waals surface area contributed by atoms with Gasteiger partial charge in [-0.15, -0.1) is 11.3 Å². The summed E-state index contributed by atoms with van der Waals surface area (Å²) < 4.78 is 0. The number of carbonyl (C=O) groups is 1. The Morgan fingerprint density at radius 1 is 1.22 bits per heavy atom. The molecule has 0 aliphatic carbocycles. The molecule has 0 saturated carbocycles. The minimum absolute atomic E-state index is 0.183. The molecule has 1 amide bonds. The molecule has 1 atom stereocenters. The number of hydrogen-bond donors (Lipinski definition) is 0. The SMILES string of the molecule is O=C(/C=C/c1cccs1)N1CCCSCC1CN1CCCCC1. The van der Waals surface area contributed by atoms with E-state index in [1.807, 2.05) is 29.3 Å². The average molecular weight is 351 g/mol. The number of nitrogens with zero attached hydrogens (tertiary/aromatic N) is 2. The molecule has 3 rings (SSSR count). The molecule has 0 N–H and O–H groups in total. The van der Waals surface area contributed by atoms with Gasteiger partial charge in [0.1, 0.15) is 0 Å². The molecule has 0 aromatic carbocycles. The van der Waals surface area contributed by atoms with Crippen LogP contribution >= 0.6 is 23.1 Å². The van der Waals surface area contributed by atoms with Crippen molar-refractivity contribution >= 4 is 35.1 Å². The Bertz CT molecular complexity index is 509. The van der Waals surface area contributed by atoms with E-state index >= 15 is 0 Å². The first-order valence-electron chi connectivity index (χ1n) is 8.65. The van der Waals surface area contributed by atoms with Crippen LogP contribution in [0.5, 0.6) is 0 Å². The molecule has 126 valence electrons. The van der Waals surface area contributed by atoms with Gasteiger partial charge in [0.25, 0.3) is 0 Å². The van der Waals surface area contributed by atoms with E-state index < -0.39 is 0 Å². The lowest BCUT2D eigenvalue weighted by Gasteiger charge is -2.35. The van der Waals surface area contributed by atoms with Gasteiger partial charge in [-0.2, -0.15) is 11.8 Å². The minimum atomic E-state index is 0.183. The number of piperidine rings is 1. The number of carbonyl (C=O) groups excluding carboxylic acids is 1. The van der Waals surface area contributed by atoms with E-state index in [1.54, 1.807) is 17.4 Å². The lowest BCUT2D eigenvalue weighted by molar-refractivity contribution is -0.128. The summed E-state index contributed by atoms with van der Waals surface area (Å²) >= 11 is 3.68. The Hall–Kier alpha value is -0.780. The smallest absolute Gasteiger partial charge is 0.246 e. The summed E-state index contributed by atoms with van der Waals surface area (Å²) in [6, 6.07) is 4.44. The van der Waals surface area contributed by atoms with E-state index in [4.69, 9.17) is 0 Å². The summed E-state index contributed by atoms with van der Waals surface area (Å²) in [7, 11) is 0. The molecule has 3 nitrogen and oxygen atoms in total. The predicted molar refractivity (Wildman–Crippen MR) is 101 cm³/mol. The van der Waals surface area contributed by atoms with Crippen LogP contribution in [0.1, 0.15) is 30.6 Å². The highest BCUT2D eigenvalue weighted by Gasteiger charge is 2.26. The number of likely N-dealkylation sites (tertiary alicyclic amines) is 1. The van der Waals surface area contributed by atoms with Crippen LogP contribution in [0, 0.1) is 0 Å². The molecule has 1 unspecified atom stereocenters. The third-order valence-corrected chi connectivity index (χ3v) is 6.61. The molecule has 2 aliphatic heterocycles. The molecule has 1 aromatic rings. The van der Waals surface area contributed by atoms with Gasteiger partial charge in [-0.1, -0.05) is 12.5 Å². The zero-order valence-electron chi connectivity index (χ0n) is 13.7. The quantitative estimate of drug-likeness (QED) is 0.776. The van der Waals surface area contributed by atoms with Crippen LogP contribution < -0.4 is 0 Å². The van der Waals surface area contributed by atoms with Crippen LogP contribution in [0.25, 0.3) is 6.08 Å². The monoisotopic (exact) mass is 350 g/mol. The van der Waals surface area contributed by atoms with E-state index in [2.05, 4.69) is 15.9 Å². The van der Waals surface area contributed by atoms with Gasteiger partial charge < -0.3 is 9.80 Å². The van der Waals surface area contributed by atoms with Gasteiger partial charge in [-0.05, 0) is 55.6 Å². The third-order valence-electron chi connectivity index (χ3n) is 4.57. The van der Waals surface area contributed by atoms with Crippen molar-refractivity contribution in [2.75, 3.05) is 37.7 Å². The highest BCUT2D eigenvalue weighted by Crippen LogP contribution is 2.20. The number of thiophene rings is 1. The Labute approximate surface area is 147 Å². The lowest BCUT2D eigenvalue weighted by atomic mass is 10.1. The Morgan fingerprint density at radius 2 is 2.09 bits per heavy atom. The molecule has 0 bridgehead atoms. The van der Waals surface area contributed by atoms with Gasteiger partial charge >= 0.3 is 0 Å². The van der Waals surface area contributed by atoms with Gasteiger partial charge in [-0.25, -0.2) is 0 Å².